The number of sulfonamides is 4. The zero-order valence-corrected chi connectivity index (χ0v) is 25.4. The van der Waals surface area contributed by atoms with Crippen LogP contribution in [0, 0.1) is 0 Å². The third-order valence-electron chi connectivity index (χ3n) is 2.07. The zero-order chi connectivity index (χ0) is 30.9. The molecule has 0 aromatic carbocycles. The van der Waals surface area contributed by atoms with Crippen molar-refractivity contribution in [1.82, 2.24) is 12.4 Å². The van der Waals surface area contributed by atoms with E-state index in [9.17, 15) is 75.1 Å². The van der Waals surface area contributed by atoms with Gasteiger partial charge in [0.2, 0.25) is 40.1 Å². The molecule has 0 atom stereocenters. The lowest BCUT2D eigenvalue weighted by atomic mass is 10.6. The van der Waals surface area contributed by atoms with Gasteiger partial charge in [0, 0.05) is 0 Å². The molecule has 1 heterocycles. The zero-order valence-electron chi connectivity index (χ0n) is 18.9. The van der Waals surface area contributed by atoms with Crippen LogP contribution < -0.4 is 12.4 Å². The minimum absolute atomic E-state index is 0.0201. The first-order valence-corrected chi connectivity index (χ1v) is 22.0. The highest BCUT2D eigenvalue weighted by molar-refractivity contribution is 8.08. The van der Waals surface area contributed by atoms with Crippen LogP contribution in [0.2, 0.25) is 0 Å². The molecule has 29 heteroatoms. The molecule has 1 saturated heterocycles. The Bertz CT molecular complexity index is 1370. The first-order valence-electron chi connectivity index (χ1n) is 7.99. The predicted octanol–water partition coefficient (Wildman–Crippen LogP) is -4.83. The molecule has 0 amide bonds. The molecule has 228 valence electrons. The van der Waals surface area contributed by atoms with Crippen LogP contribution in [0.25, 0.3) is 0 Å². The van der Waals surface area contributed by atoms with Crippen LogP contribution in [-0.2, 0) is 80.6 Å². The van der Waals surface area contributed by atoms with E-state index in [2.05, 4.69) is 0 Å². The Kier molecular flexibility index (Phi) is 15.6. The fourth-order valence-electron chi connectivity index (χ4n) is 1.56. The third-order valence-corrected chi connectivity index (χ3v) is 13.2. The summed E-state index contributed by atoms with van der Waals surface area (Å²) < 4.78 is 186. The fraction of sp³-hybridized carbons (Fsp3) is 1.00. The van der Waals surface area contributed by atoms with Gasteiger partial charge in [-0.15, -0.1) is 8.25 Å². The summed E-state index contributed by atoms with van der Waals surface area (Å²) in [5.74, 6) is 0.0401. The van der Waals surface area contributed by atoms with E-state index in [0.717, 1.165) is 25.0 Å². The van der Waals surface area contributed by atoms with Crippen molar-refractivity contribution < 1.29 is 75.1 Å². The van der Waals surface area contributed by atoms with Crippen molar-refractivity contribution in [3.8, 4) is 0 Å². The first kappa shape index (κ1) is 40.8. The van der Waals surface area contributed by atoms with E-state index >= 15 is 0 Å². The van der Waals surface area contributed by atoms with Gasteiger partial charge in [0.05, 0.1) is 36.5 Å². The van der Waals surface area contributed by atoms with Crippen molar-refractivity contribution in [2.24, 2.45) is 0 Å². The Hall–Kier alpha value is -0.660. The van der Waals surface area contributed by atoms with Gasteiger partial charge in [0.25, 0.3) is 0 Å². The standard InChI is InChI=1S/C4H8O4S2.2C2H7NO4S2.F2HNO4S2/c5-9(6)2-1-3-10(7,8)4-9;3*1-8(4,5)3-9(2,6)7/h1-4H2;2*3H,1-2H3;3H. The van der Waals surface area contributed by atoms with E-state index in [-0.39, 0.29) is 22.1 Å². The fourth-order valence-corrected chi connectivity index (χ4v) is 11.4. The minimum atomic E-state index is -5.49. The number of hydrogen-bond donors (Lipinski definition) is 3. The molecule has 0 aromatic heterocycles. The Labute approximate surface area is 215 Å². The van der Waals surface area contributed by atoms with Crippen molar-refractivity contribution >= 4 is 80.6 Å². The summed E-state index contributed by atoms with van der Waals surface area (Å²) >= 11 is 0. The second-order valence-electron chi connectivity index (χ2n) is 6.58. The lowest BCUT2D eigenvalue weighted by molar-refractivity contribution is 0.526. The van der Waals surface area contributed by atoms with Gasteiger partial charge >= 0.3 is 20.8 Å². The Balaban J connectivity index is -0.000000417. The van der Waals surface area contributed by atoms with Gasteiger partial charge in [0.1, 0.15) is 0 Å². The SMILES string of the molecule is CS(=O)(=O)NS(C)(=O)=O.CS(=O)(=O)NS(C)(=O)=O.O=S(=O)(F)NS(=O)(=O)F.O=S1(=O)CCCS(=O)(=O)C1. The molecule has 1 fully saturated rings. The highest BCUT2D eigenvalue weighted by Gasteiger charge is 2.27. The van der Waals surface area contributed by atoms with Gasteiger partial charge in [0.15, 0.2) is 24.8 Å². The van der Waals surface area contributed by atoms with Gasteiger partial charge < -0.3 is 0 Å². The summed E-state index contributed by atoms with van der Waals surface area (Å²) in [6.07, 6.45) is 3.34. The van der Waals surface area contributed by atoms with Crippen molar-refractivity contribution in [1.29, 1.82) is 0 Å². The molecule has 0 bridgehead atoms. The van der Waals surface area contributed by atoms with Crippen LogP contribution in [-0.4, -0.2) is 109 Å². The van der Waals surface area contributed by atoms with Crippen LogP contribution >= 0.6 is 0 Å². The van der Waals surface area contributed by atoms with Gasteiger partial charge in [-0.1, -0.05) is 11.9 Å². The Morgan fingerprint density at radius 1 is 0.486 bits per heavy atom. The maximum atomic E-state index is 11.1. The number of halogens is 2. The molecule has 1 rings (SSSR count). The maximum Gasteiger partial charge on any atom is 0.387 e. The molecule has 0 aromatic rings. The number of sulfone groups is 2. The largest absolute Gasteiger partial charge is 0.387 e. The molecule has 0 unspecified atom stereocenters. The summed E-state index contributed by atoms with van der Waals surface area (Å²) in [5.41, 5.74) is 0. The maximum absolute atomic E-state index is 11.1. The summed E-state index contributed by atoms with van der Waals surface area (Å²) in [5, 5.41) is -0.653. The molecule has 19 nitrogen and oxygen atoms in total. The van der Waals surface area contributed by atoms with Gasteiger partial charge in [-0.2, -0.15) is 16.8 Å². The average Bonchev–Trinajstić information content (AvgIpc) is 2.32. The van der Waals surface area contributed by atoms with Crippen molar-refractivity contribution in [3.05, 3.63) is 0 Å². The van der Waals surface area contributed by atoms with E-state index in [4.69, 9.17) is 0 Å². The van der Waals surface area contributed by atoms with Crippen LogP contribution in [0.1, 0.15) is 6.42 Å². The average molecular weight is 712 g/mol. The highest BCUT2D eigenvalue weighted by atomic mass is 32.3. The molecule has 0 saturated carbocycles. The molecule has 37 heavy (non-hydrogen) atoms. The first-order chi connectivity index (χ1) is 15.5. The smallest absolute Gasteiger partial charge is 0.228 e. The molecule has 1 aliphatic heterocycles. The van der Waals surface area contributed by atoms with Gasteiger partial charge in [-0.3, -0.25) is 0 Å². The van der Waals surface area contributed by atoms with Crippen LogP contribution in [0.15, 0.2) is 0 Å². The van der Waals surface area contributed by atoms with Gasteiger partial charge in [-0.25, -0.2) is 50.5 Å². The molecular weight excluding hydrogens is 689 g/mol. The summed E-state index contributed by atoms with van der Waals surface area (Å²) in [4.78, 5) is 0. The van der Waals surface area contributed by atoms with Crippen molar-refractivity contribution in [2.45, 2.75) is 6.42 Å². The third kappa shape index (κ3) is 40.0. The lowest BCUT2D eigenvalue weighted by Gasteiger charge is -2.10. The van der Waals surface area contributed by atoms with Crippen molar-refractivity contribution in [2.75, 3.05) is 41.6 Å². The molecule has 0 aliphatic carbocycles. The van der Waals surface area contributed by atoms with Crippen LogP contribution in [0.5, 0.6) is 0 Å². The van der Waals surface area contributed by atoms with Crippen molar-refractivity contribution in [3.63, 3.8) is 0 Å². The quantitative estimate of drug-likeness (QED) is 0.218. The number of nitrogens with one attached hydrogen (secondary N) is 3. The van der Waals surface area contributed by atoms with E-state index in [0.29, 0.717) is 0 Å². The van der Waals surface area contributed by atoms with E-state index < -0.39 is 85.7 Å². The molecule has 3 N–H and O–H groups in total. The predicted molar refractivity (Wildman–Crippen MR) is 126 cm³/mol. The molecular formula is C8H23F2N3O16S8. The second kappa shape index (κ2) is 14.1. The van der Waals surface area contributed by atoms with E-state index in [1.807, 2.05) is 0 Å². The number of hydrogen-bond acceptors (Lipinski definition) is 16. The second-order valence-corrected chi connectivity index (χ2v) is 21.2. The summed E-state index contributed by atoms with van der Waals surface area (Å²) in [6.45, 7) is 0. The summed E-state index contributed by atoms with van der Waals surface area (Å²) in [7, 11) is -32.0. The molecule has 1 aliphatic rings. The monoisotopic (exact) mass is 711 g/mol. The van der Waals surface area contributed by atoms with E-state index in [1.165, 1.54) is 8.25 Å². The number of rotatable bonds is 6. The Morgan fingerprint density at radius 2 is 0.703 bits per heavy atom. The normalized spacial score (nSPS) is 17.9. The molecule has 0 radical (unpaired) electrons. The van der Waals surface area contributed by atoms with Gasteiger partial charge in [-0.05, 0) is 6.42 Å². The Morgan fingerprint density at radius 3 is 0.757 bits per heavy atom. The van der Waals surface area contributed by atoms with Crippen LogP contribution in [0.4, 0.5) is 7.77 Å². The minimum Gasteiger partial charge on any atom is -0.228 e. The van der Waals surface area contributed by atoms with E-state index in [1.54, 1.807) is 0 Å². The highest BCUT2D eigenvalue weighted by Crippen LogP contribution is 2.09. The lowest BCUT2D eigenvalue weighted by Crippen LogP contribution is -2.28. The topological polar surface area (TPSA) is 309 Å². The molecule has 0 spiro atoms. The van der Waals surface area contributed by atoms with Crippen LogP contribution in [0.3, 0.4) is 0 Å². The summed E-state index contributed by atoms with van der Waals surface area (Å²) in [6, 6.07) is 0.